The third-order valence-corrected chi connectivity index (χ3v) is 4.78. The smallest absolute Gasteiger partial charge is 0.260 e. The summed E-state index contributed by atoms with van der Waals surface area (Å²) in [5.41, 5.74) is 3.21. The number of nitrogens with one attached hydrogen (secondary N) is 1. The first-order chi connectivity index (χ1) is 9.60. The van der Waals surface area contributed by atoms with Crippen LogP contribution in [-0.2, 0) is 6.42 Å². The van der Waals surface area contributed by atoms with Crippen LogP contribution in [0.2, 0.25) is 0 Å². The number of fused-ring (bicyclic) bond motifs is 1. The lowest BCUT2D eigenvalue weighted by Crippen LogP contribution is -2.09. The number of aromatic amines is 1. The molecule has 3 nitrogen and oxygen atoms in total. The lowest BCUT2D eigenvalue weighted by atomic mass is 10.1. The number of hydrogen-bond donors (Lipinski definition) is 1. The van der Waals surface area contributed by atoms with Crippen LogP contribution in [0.5, 0.6) is 0 Å². The summed E-state index contributed by atoms with van der Waals surface area (Å²) in [5, 5.41) is 0.724. The van der Waals surface area contributed by atoms with Gasteiger partial charge < -0.3 is 4.98 Å². The fraction of sp³-hybridized carbons (Fsp3) is 0.250. The molecule has 2 aromatic heterocycles. The first-order valence-electron chi connectivity index (χ1n) is 6.69. The average Bonchev–Trinajstić information content (AvgIpc) is 2.74. The Morgan fingerprint density at radius 3 is 2.55 bits per heavy atom. The molecule has 1 N–H and O–H groups in total. The number of thiophene rings is 1. The Morgan fingerprint density at radius 2 is 1.90 bits per heavy atom. The Kier molecular flexibility index (Phi) is 3.18. The van der Waals surface area contributed by atoms with Crippen LogP contribution in [-0.4, -0.2) is 9.97 Å². The van der Waals surface area contributed by atoms with Crippen LogP contribution in [0.1, 0.15) is 22.9 Å². The number of hydrogen-bond acceptors (Lipinski definition) is 3. The van der Waals surface area contributed by atoms with Crippen molar-refractivity contribution < 1.29 is 0 Å². The van der Waals surface area contributed by atoms with Crippen LogP contribution < -0.4 is 5.56 Å². The highest BCUT2D eigenvalue weighted by Crippen LogP contribution is 2.27. The molecule has 0 fully saturated rings. The molecule has 20 heavy (non-hydrogen) atoms. The van der Waals surface area contributed by atoms with Crippen molar-refractivity contribution in [2.24, 2.45) is 0 Å². The maximum atomic E-state index is 12.2. The molecule has 3 rings (SSSR count). The number of nitrogens with zero attached hydrogens (tertiary/aromatic N) is 1. The van der Waals surface area contributed by atoms with E-state index in [9.17, 15) is 4.79 Å². The summed E-state index contributed by atoms with van der Waals surface area (Å²) in [6.45, 7) is 6.12. The van der Waals surface area contributed by atoms with Crippen molar-refractivity contribution in [3.8, 4) is 11.4 Å². The van der Waals surface area contributed by atoms with Gasteiger partial charge in [0.2, 0.25) is 0 Å². The predicted molar refractivity (Wildman–Crippen MR) is 84.5 cm³/mol. The second-order valence-electron chi connectivity index (χ2n) is 4.93. The van der Waals surface area contributed by atoms with Gasteiger partial charge in [0.25, 0.3) is 5.56 Å². The van der Waals surface area contributed by atoms with Crippen LogP contribution >= 0.6 is 11.3 Å². The molecule has 2 heterocycles. The summed E-state index contributed by atoms with van der Waals surface area (Å²) in [6, 6.07) is 8.17. The lowest BCUT2D eigenvalue weighted by molar-refractivity contribution is 1.13. The second-order valence-corrected chi connectivity index (χ2v) is 6.13. The largest absolute Gasteiger partial charge is 0.306 e. The molecule has 0 spiro atoms. The van der Waals surface area contributed by atoms with Crippen LogP contribution in [0.25, 0.3) is 21.6 Å². The fourth-order valence-corrected chi connectivity index (χ4v) is 3.32. The molecule has 0 saturated heterocycles. The van der Waals surface area contributed by atoms with Crippen LogP contribution in [0, 0.1) is 13.8 Å². The van der Waals surface area contributed by atoms with Crippen molar-refractivity contribution >= 4 is 21.6 Å². The summed E-state index contributed by atoms with van der Waals surface area (Å²) >= 11 is 1.58. The Balaban J connectivity index is 2.19. The number of aryl methyl sites for hydroxylation is 3. The summed E-state index contributed by atoms with van der Waals surface area (Å²) < 4.78 is 0. The van der Waals surface area contributed by atoms with Crippen molar-refractivity contribution in [2.45, 2.75) is 27.2 Å². The van der Waals surface area contributed by atoms with Crippen molar-refractivity contribution in [2.75, 3.05) is 0 Å². The molecule has 0 aliphatic heterocycles. The molecule has 0 saturated carbocycles. The van der Waals surface area contributed by atoms with Crippen LogP contribution in [0.4, 0.5) is 0 Å². The minimum absolute atomic E-state index is 0.0496. The first kappa shape index (κ1) is 13.1. The topological polar surface area (TPSA) is 45.8 Å². The summed E-state index contributed by atoms with van der Waals surface area (Å²) in [4.78, 5) is 21.7. The van der Waals surface area contributed by atoms with Gasteiger partial charge in [-0.25, -0.2) is 4.98 Å². The van der Waals surface area contributed by atoms with E-state index < -0.39 is 0 Å². The Hall–Kier alpha value is -1.94. The molecule has 1 aromatic carbocycles. The van der Waals surface area contributed by atoms with Gasteiger partial charge >= 0.3 is 0 Å². The van der Waals surface area contributed by atoms with Crippen molar-refractivity contribution in [3.05, 3.63) is 50.6 Å². The standard InChI is InChI=1S/C16H16N2OS/c1-4-11-5-7-12(8-6-11)14-17-15(19)13-9(2)10(3)20-16(13)18-14/h5-8H,4H2,1-3H3,(H,17,18,19). The molecule has 4 heteroatoms. The minimum Gasteiger partial charge on any atom is -0.306 e. The Labute approximate surface area is 121 Å². The number of rotatable bonds is 2. The van der Waals surface area contributed by atoms with E-state index in [1.807, 2.05) is 26.0 Å². The molecule has 0 bridgehead atoms. The molecule has 3 aromatic rings. The lowest BCUT2D eigenvalue weighted by Gasteiger charge is -2.02. The number of benzene rings is 1. The molecule has 0 radical (unpaired) electrons. The maximum Gasteiger partial charge on any atom is 0.260 e. The van der Waals surface area contributed by atoms with Crippen LogP contribution in [0.3, 0.4) is 0 Å². The quantitative estimate of drug-likeness (QED) is 0.777. The zero-order valence-corrected chi connectivity index (χ0v) is 12.6. The van der Waals surface area contributed by atoms with Gasteiger partial charge in [-0.1, -0.05) is 31.2 Å². The first-order valence-corrected chi connectivity index (χ1v) is 7.51. The molecule has 102 valence electrons. The number of aromatic nitrogens is 2. The van der Waals surface area contributed by atoms with Gasteiger partial charge in [-0.15, -0.1) is 11.3 Å². The zero-order valence-electron chi connectivity index (χ0n) is 11.8. The second kappa shape index (κ2) is 4.87. The van der Waals surface area contributed by atoms with Gasteiger partial charge in [0.1, 0.15) is 10.7 Å². The highest BCUT2D eigenvalue weighted by molar-refractivity contribution is 7.18. The SMILES string of the molecule is CCc1ccc(-c2nc3sc(C)c(C)c3c(=O)[nH]2)cc1. The van der Waals surface area contributed by atoms with E-state index in [0.29, 0.717) is 5.82 Å². The van der Waals surface area contributed by atoms with E-state index in [2.05, 4.69) is 29.0 Å². The third-order valence-electron chi connectivity index (χ3n) is 3.67. The van der Waals surface area contributed by atoms with Gasteiger partial charge in [-0.3, -0.25) is 4.79 Å². The van der Waals surface area contributed by atoms with E-state index in [-0.39, 0.29) is 5.56 Å². The molecular formula is C16H16N2OS. The Bertz CT molecular complexity index is 828. The minimum atomic E-state index is -0.0496. The van der Waals surface area contributed by atoms with Crippen molar-refractivity contribution in [1.82, 2.24) is 9.97 Å². The number of H-pyrrole nitrogens is 1. The highest BCUT2D eigenvalue weighted by atomic mass is 32.1. The van der Waals surface area contributed by atoms with Gasteiger partial charge in [0.15, 0.2) is 0 Å². The van der Waals surface area contributed by atoms with E-state index in [1.54, 1.807) is 11.3 Å². The van der Waals surface area contributed by atoms with Crippen LogP contribution in [0.15, 0.2) is 29.1 Å². The van der Waals surface area contributed by atoms with Crippen molar-refractivity contribution in [1.29, 1.82) is 0 Å². The van der Waals surface area contributed by atoms with E-state index >= 15 is 0 Å². The normalized spacial score (nSPS) is 11.2. The molecular weight excluding hydrogens is 268 g/mol. The third kappa shape index (κ3) is 2.06. The van der Waals surface area contributed by atoms with E-state index in [1.165, 1.54) is 5.56 Å². The molecule has 0 unspecified atom stereocenters. The zero-order chi connectivity index (χ0) is 14.3. The molecule has 0 aliphatic rings. The Morgan fingerprint density at radius 1 is 1.20 bits per heavy atom. The maximum absolute atomic E-state index is 12.2. The average molecular weight is 284 g/mol. The van der Waals surface area contributed by atoms with Gasteiger partial charge in [0, 0.05) is 10.4 Å². The fourth-order valence-electron chi connectivity index (χ4n) is 2.29. The summed E-state index contributed by atoms with van der Waals surface area (Å²) in [5.74, 6) is 0.645. The van der Waals surface area contributed by atoms with Gasteiger partial charge in [0.05, 0.1) is 5.39 Å². The summed E-state index contributed by atoms with van der Waals surface area (Å²) in [6.07, 6.45) is 1.01. The highest BCUT2D eigenvalue weighted by Gasteiger charge is 2.12. The molecule has 0 amide bonds. The predicted octanol–water partition coefficient (Wildman–Crippen LogP) is 3.83. The monoisotopic (exact) mass is 284 g/mol. The molecule has 0 atom stereocenters. The molecule has 0 aliphatic carbocycles. The van der Waals surface area contributed by atoms with Crippen molar-refractivity contribution in [3.63, 3.8) is 0 Å². The van der Waals surface area contributed by atoms with Gasteiger partial charge in [-0.05, 0) is 31.4 Å². The van der Waals surface area contributed by atoms with E-state index in [0.717, 1.165) is 32.6 Å². The van der Waals surface area contributed by atoms with Gasteiger partial charge in [-0.2, -0.15) is 0 Å². The summed E-state index contributed by atoms with van der Waals surface area (Å²) in [7, 11) is 0. The van der Waals surface area contributed by atoms with E-state index in [4.69, 9.17) is 0 Å².